The van der Waals surface area contributed by atoms with Crippen LogP contribution in [0, 0.1) is 18.8 Å². The summed E-state index contributed by atoms with van der Waals surface area (Å²) < 4.78 is 27.8. The molecule has 6 nitrogen and oxygen atoms in total. The van der Waals surface area contributed by atoms with Crippen LogP contribution >= 0.6 is 0 Å². The van der Waals surface area contributed by atoms with E-state index in [1.165, 1.54) is 0 Å². The first-order valence-corrected chi connectivity index (χ1v) is 8.61. The highest BCUT2D eigenvalue weighted by atomic mass is 32.2. The lowest BCUT2D eigenvalue weighted by Gasteiger charge is -2.34. The van der Waals surface area contributed by atoms with E-state index in [-0.39, 0.29) is 17.6 Å². The van der Waals surface area contributed by atoms with Crippen molar-refractivity contribution in [2.24, 2.45) is 17.6 Å². The predicted molar refractivity (Wildman–Crippen MR) is 77.5 cm³/mol. The summed E-state index contributed by atoms with van der Waals surface area (Å²) >= 11 is 0. The van der Waals surface area contributed by atoms with E-state index in [1.54, 1.807) is 6.92 Å². The Morgan fingerprint density at radius 1 is 1.40 bits per heavy atom. The lowest BCUT2D eigenvalue weighted by molar-refractivity contribution is 0.226. The fraction of sp³-hybridized carbons (Fsp3) is 0.769. The Balaban J connectivity index is 2.23. The number of nitrogens with zero attached hydrogens (tertiary/aromatic N) is 1. The van der Waals surface area contributed by atoms with Crippen molar-refractivity contribution in [2.45, 2.75) is 57.6 Å². The van der Waals surface area contributed by atoms with Gasteiger partial charge < -0.3 is 5.73 Å². The molecular formula is C13H24N4O2S. The standard InChI is InChI=1S/C13H24N4O2S/c1-8-5-4-6-12(9(8)2)17-20(18,19)13-11(7-14)10(3)15-16-13/h8-9,12,17H,4-7,14H2,1-3H3,(H,15,16). The van der Waals surface area contributed by atoms with Crippen molar-refractivity contribution in [3.8, 4) is 0 Å². The molecular weight excluding hydrogens is 276 g/mol. The van der Waals surface area contributed by atoms with Crippen LogP contribution in [-0.2, 0) is 16.6 Å². The number of aromatic amines is 1. The lowest BCUT2D eigenvalue weighted by atomic mass is 9.78. The molecule has 3 atom stereocenters. The molecule has 1 aliphatic carbocycles. The number of hydrogen-bond acceptors (Lipinski definition) is 4. The second-order valence-electron chi connectivity index (χ2n) is 5.83. The van der Waals surface area contributed by atoms with Crippen molar-refractivity contribution >= 4 is 10.0 Å². The van der Waals surface area contributed by atoms with Gasteiger partial charge in [0.15, 0.2) is 5.03 Å². The Bertz CT molecular complexity index is 567. The number of aryl methyl sites for hydroxylation is 1. The number of aromatic nitrogens is 2. The Labute approximate surface area is 120 Å². The van der Waals surface area contributed by atoms with Gasteiger partial charge >= 0.3 is 0 Å². The number of nitrogens with two attached hydrogens (primary N) is 1. The summed E-state index contributed by atoms with van der Waals surface area (Å²) in [6.45, 7) is 6.22. The number of rotatable bonds is 4. The van der Waals surface area contributed by atoms with E-state index in [9.17, 15) is 8.42 Å². The summed E-state index contributed by atoms with van der Waals surface area (Å²) in [5.74, 6) is 0.867. The van der Waals surface area contributed by atoms with Crippen molar-refractivity contribution in [1.29, 1.82) is 0 Å². The fourth-order valence-electron chi connectivity index (χ4n) is 2.90. The average molecular weight is 300 g/mol. The quantitative estimate of drug-likeness (QED) is 0.779. The molecule has 2 rings (SSSR count). The number of hydrogen-bond donors (Lipinski definition) is 3. The molecule has 0 radical (unpaired) electrons. The summed E-state index contributed by atoms with van der Waals surface area (Å²) in [6, 6.07) is -0.0219. The second kappa shape index (κ2) is 5.83. The van der Waals surface area contributed by atoms with E-state index in [1.807, 2.05) is 0 Å². The summed E-state index contributed by atoms with van der Waals surface area (Å²) in [5.41, 5.74) is 6.89. The van der Waals surface area contributed by atoms with Crippen molar-refractivity contribution in [3.05, 3.63) is 11.3 Å². The largest absolute Gasteiger partial charge is 0.326 e. The molecule has 4 N–H and O–H groups in total. The van der Waals surface area contributed by atoms with Gasteiger partial charge in [-0.2, -0.15) is 5.10 Å². The topological polar surface area (TPSA) is 101 Å². The maximum absolute atomic E-state index is 12.5. The molecule has 1 saturated carbocycles. The molecule has 1 aliphatic rings. The first-order chi connectivity index (χ1) is 9.36. The third kappa shape index (κ3) is 2.89. The van der Waals surface area contributed by atoms with Crippen LogP contribution in [0.2, 0.25) is 0 Å². The van der Waals surface area contributed by atoms with Gasteiger partial charge in [0.1, 0.15) is 0 Å². The van der Waals surface area contributed by atoms with Crippen molar-refractivity contribution in [1.82, 2.24) is 14.9 Å². The zero-order chi connectivity index (χ0) is 14.9. The molecule has 0 saturated heterocycles. The molecule has 1 fully saturated rings. The van der Waals surface area contributed by atoms with E-state index < -0.39 is 10.0 Å². The smallest absolute Gasteiger partial charge is 0.260 e. The SMILES string of the molecule is Cc1[nH]nc(S(=O)(=O)NC2CCCC(C)C2C)c1CN. The van der Waals surface area contributed by atoms with Crippen LogP contribution in [0.3, 0.4) is 0 Å². The molecule has 0 spiro atoms. The minimum Gasteiger partial charge on any atom is -0.326 e. The van der Waals surface area contributed by atoms with Gasteiger partial charge in [-0.3, -0.25) is 5.10 Å². The van der Waals surface area contributed by atoms with E-state index in [4.69, 9.17) is 5.73 Å². The van der Waals surface area contributed by atoms with E-state index in [0.717, 1.165) is 19.3 Å². The average Bonchev–Trinajstić information content (AvgIpc) is 2.76. The number of H-pyrrole nitrogens is 1. The maximum atomic E-state index is 12.5. The van der Waals surface area contributed by atoms with E-state index in [2.05, 4.69) is 28.8 Å². The Morgan fingerprint density at radius 3 is 2.75 bits per heavy atom. The minimum absolute atomic E-state index is 0.0219. The Hall–Kier alpha value is -0.920. The third-order valence-electron chi connectivity index (χ3n) is 4.51. The molecule has 114 valence electrons. The van der Waals surface area contributed by atoms with Crippen LogP contribution in [0.4, 0.5) is 0 Å². The summed E-state index contributed by atoms with van der Waals surface area (Å²) in [5, 5.41) is 6.66. The number of sulfonamides is 1. The first kappa shape index (κ1) is 15.5. The Morgan fingerprint density at radius 2 is 2.10 bits per heavy atom. The monoisotopic (exact) mass is 300 g/mol. The van der Waals surface area contributed by atoms with Gasteiger partial charge in [0, 0.05) is 23.8 Å². The van der Waals surface area contributed by atoms with Crippen LogP contribution in [0.5, 0.6) is 0 Å². The molecule has 0 bridgehead atoms. The molecule has 0 aliphatic heterocycles. The van der Waals surface area contributed by atoms with Gasteiger partial charge in [-0.15, -0.1) is 0 Å². The summed E-state index contributed by atoms with van der Waals surface area (Å²) in [6.07, 6.45) is 3.10. The van der Waals surface area contributed by atoms with E-state index in [0.29, 0.717) is 23.1 Å². The van der Waals surface area contributed by atoms with Crippen LogP contribution in [-0.4, -0.2) is 24.7 Å². The molecule has 0 amide bonds. The predicted octanol–water partition coefficient (Wildman–Crippen LogP) is 1.28. The van der Waals surface area contributed by atoms with Gasteiger partial charge in [0.25, 0.3) is 10.0 Å². The Kier molecular flexibility index (Phi) is 4.51. The van der Waals surface area contributed by atoms with E-state index >= 15 is 0 Å². The van der Waals surface area contributed by atoms with Crippen LogP contribution in [0.25, 0.3) is 0 Å². The van der Waals surface area contributed by atoms with Crippen molar-refractivity contribution in [2.75, 3.05) is 0 Å². The van der Waals surface area contributed by atoms with Crippen LogP contribution < -0.4 is 10.5 Å². The van der Waals surface area contributed by atoms with Gasteiger partial charge in [0.2, 0.25) is 0 Å². The van der Waals surface area contributed by atoms with Crippen LogP contribution in [0.1, 0.15) is 44.4 Å². The molecule has 1 aromatic heterocycles. The highest BCUT2D eigenvalue weighted by molar-refractivity contribution is 7.89. The molecule has 1 heterocycles. The fourth-order valence-corrected chi connectivity index (χ4v) is 4.47. The van der Waals surface area contributed by atoms with Gasteiger partial charge in [-0.25, -0.2) is 13.1 Å². The first-order valence-electron chi connectivity index (χ1n) is 7.13. The maximum Gasteiger partial charge on any atom is 0.260 e. The summed E-state index contributed by atoms with van der Waals surface area (Å²) in [7, 11) is -3.61. The molecule has 3 unspecified atom stereocenters. The normalized spacial score (nSPS) is 27.7. The highest BCUT2D eigenvalue weighted by Crippen LogP contribution is 2.30. The van der Waals surface area contributed by atoms with Gasteiger partial charge in [0.05, 0.1) is 0 Å². The highest BCUT2D eigenvalue weighted by Gasteiger charge is 2.32. The minimum atomic E-state index is -3.61. The van der Waals surface area contributed by atoms with Gasteiger partial charge in [-0.1, -0.05) is 26.7 Å². The van der Waals surface area contributed by atoms with Crippen molar-refractivity contribution < 1.29 is 8.42 Å². The molecule has 0 aromatic carbocycles. The molecule has 20 heavy (non-hydrogen) atoms. The molecule has 1 aromatic rings. The second-order valence-corrected chi connectivity index (χ2v) is 7.46. The van der Waals surface area contributed by atoms with Crippen molar-refractivity contribution in [3.63, 3.8) is 0 Å². The van der Waals surface area contributed by atoms with Gasteiger partial charge in [-0.05, 0) is 25.2 Å². The number of nitrogens with one attached hydrogen (secondary N) is 2. The zero-order valence-electron chi connectivity index (χ0n) is 12.3. The van der Waals surface area contributed by atoms with Crippen LogP contribution in [0.15, 0.2) is 5.03 Å². The summed E-state index contributed by atoms with van der Waals surface area (Å²) in [4.78, 5) is 0. The zero-order valence-corrected chi connectivity index (χ0v) is 13.1. The molecule has 7 heteroatoms. The lowest BCUT2D eigenvalue weighted by Crippen LogP contribution is -2.44. The third-order valence-corrected chi connectivity index (χ3v) is 5.97.